The second-order valence-electron chi connectivity index (χ2n) is 42.3. The Kier molecular flexibility index (Phi) is 29.8. The van der Waals surface area contributed by atoms with Gasteiger partial charge in [-0.05, 0) is 327 Å². The molecule has 0 aliphatic carbocycles. The van der Waals surface area contributed by atoms with Gasteiger partial charge < -0.3 is 74.5 Å². The Morgan fingerprint density at radius 2 is 0.742 bits per heavy atom. The first kappa shape index (κ1) is 94.6. The van der Waals surface area contributed by atoms with E-state index in [4.69, 9.17) is 19.5 Å². The second-order valence-corrected chi connectivity index (χ2v) is 42.3. The first-order valence-electron chi connectivity index (χ1n) is 46.5. The summed E-state index contributed by atoms with van der Waals surface area (Å²) in [5, 5.41) is 32.8. The van der Waals surface area contributed by atoms with Gasteiger partial charge in [-0.2, -0.15) is 5.10 Å². The van der Waals surface area contributed by atoms with Gasteiger partial charge in [-0.15, -0.1) is 0 Å². The molecule has 128 heavy (non-hydrogen) atoms. The molecule has 0 saturated carbocycles. The van der Waals surface area contributed by atoms with E-state index in [9.17, 15) is 0 Å². The van der Waals surface area contributed by atoms with Crippen molar-refractivity contribution in [1.82, 2.24) is 77.6 Å². The van der Waals surface area contributed by atoms with Gasteiger partial charge in [0.1, 0.15) is 22.6 Å². The Morgan fingerprint density at radius 3 is 1.20 bits per heavy atom. The molecule has 24 heteroatoms. The maximum Gasteiger partial charge on any atom is 0.157 e. The number of furan rings is 1. The molecule has 4 saturated heterocycles. The van der Waals surface area contributed by atoms with Crippen LogP contribution in [-0.2, 0) is 0 Å². The van der Waals surface area contributed by atoms with E-state index < -0.39 is 0 Å². The van der Waals surface area contributed by atoms with Crippen LogP contribution < -0.4 is 36.8 Å². The lowest BCUT2D eigenvalue weighted by molar-refractivity contribution is 0.149. The summed E-state index contributed by atoms with van der Waals surface area (Å²) in [7, 11) is 4.38. The van der Waals surface area contributed by atoms with Gasteiger partial charge in [0.2, 0.25) is 0 Å². The number of hydrogen-bond acceptors (Lipinski definition) is 19. The van der Waals surface area contributed by atoms with Gasteiger partial charge in [0.15, 0.2) is 5.58 Å². The van der Waals surface area contributed by atoms with Crippen LogP contribution in [0.5, 0.6) is 0 Å². The summed E-state index contributed by atoms with van der Waals surface area (Å²) in [6.07, 6.45) is 34.4. The zero-order valence-electron chi connectivity index (χ0n) is 81.2. The average Bonchev–Trinajstić information content (AvgIpc) is 1.69. The number of fused-ring (bicyclic) bond motifs is 6. The summed E-state index contributed by atoms with van der Waals surface area (Å²) in [4.78, 5) is 39.1. The van der Waals surface area contributed by atoms with Gasteiger partial charge >= 0.3 is 0 Å². The largest absolute Gasteiger partial charge is 0.462 e. The molecule has 0 radical (unpaired) electrons. The first-order valence-corrected chi connectivity index (χ1v) is 46.5. The number of nitrogens with zero attached hydrogens (tertiary/aromatic N) is 17. The Morgan fingerprint density at radius 1 is 0.344 bits per heavy atom. The van der Waals surface area contributed by atoms with E-state index in [-0.39, 0.29) is 33.2 Å². The minimum Gasteiger partial charge on any atom is -0.462 e. The molecule has 0 unspecified atom stereocenters. The van der Waals surface area contributed by atoms with Crippen LogP contribution >= 0.6 is 0 Å². The molecule has 4 fully saturated rings. The molecule has 0 atom stereocenters. The number of pyridine rings is 6. The highest BCUT2D eigenvalue weighted by Crippen LogP contribution is 2.37. The number of nitrogens with one attached hydrogen (secondary N) is 6. The van der Waals surface area contributed by atoms with Gasteiger partial charge in [-0.1, -0.05) is 0 Å². The molecule has 0 spiro atoms. The van der Waals surface area contributed by atoms with Crippen LogP contribution in [0.2, 0.25) is 0 Å². The van der Waals surface area contributed by atoms with Crippen molar-refractivity contribution in [3.8, 4) is 11.4 Å². The van der Waals surface area contributed by atoms with E-state index in [1.54, 1.807) is 24.9 Å². The predicted octanol–water partition coefficient (Wildman–Crippen LogP) is 22.8. The lowest BCUT2D eigenvalue weighted by Crippen LogP contribution is -2.44. The highest BCUT2D eigenvalue weighted by atomic mass is 16.3. The lowest BCUT2D eigenvalue weighted by atomic mass is 10.0. The number of piperazine rings is 1. The highest BCUT2D eigenvalue weighted by Gasteiger charge is 2.28. The van der Waals surface area contributed by atoms with Crippen LogP contribution in [0.1, 0.15) is 209 Å². The first-order chi connectivity index (χ1) is 60.6. The van der Waals surface area contributed by atoms with Gasteiger partial charge in [-0.3, -0.25) is 19.2 Å². The van der Waals surface area contributed by atoms with Crippen molar-refractivity contribution >= 4 is 106 Å². The molecule has 2 aromatic carbocycles. The van der Waals surface area contributed by atoms with E-state index in [2.05, 4.69) is 352 Å². The third kappa shape index (κ3) is 26.1. The Hall–Kier alpha value is -11.1. The smallest absolute Gasteiger partial charge is 0.157 e. The zero-order valence-corrected chi connectivity index (χ0v) is 81.2. The molecule has 14 aromatic rings. The Balaban J connectivity index is 0.000000131. The van der Waals surface area contributed by atoms with Gasteiger partial charge in [0, 0.05) is 197 Å². The van der Waals surface area contributed by atoms with E-state index in [1.165, 1.54) is 111 Å². The quantitative estimate of drug-likeness (QED) is 0.0597. The summed E-state index contributed by atoms with van der Waals surface area (Å²) in [5.41, 5.74) is 16.6. The number of piperidine rings is 3. The molecule has 0 bridgehead atoms. The van der Waals surface area contributed by atoms with Crippen molar-refractivity contribution in [2.24, 2.45) is 0 Å². The standard InChI is InChI=1S/2C19H30N4.C17H26N4.C17H25N3O.2C16H18N4/c1-14(2)22-9-7-17(8-10-22)23-11-6-15-12-16(13-20-18(15)23)21-19(3,4)5;1-14(2)22-10-8-17(9-11-22)23-18-7-6-16(21-19(3,4)5)12-15(18)13-20-23;1-17(2,3)19-14-11-13-5-10-21(16(13)18-12-14)15-6-8-20(4)9-7-15;1-17(2,3)18-14-11-13-5-10-21-16(13)15(12-14)20-8-6-19(4)7-9-20;1-16(2,3)19-13-10-12-6-9-20(15(12)18-11-13)14-4-7-17-8-5-14;1-16(2,3)19-13-9-12-6-8-20(15(12)18-10-13)14-5-4-7-17-11-14/h6,11-14,17,21H,7-10H2,1-5H3;6-7,12-14,17,21H,8-11H2,1-5H3;5,10-12,15,19H,6-9H2,1-4H3;5,10-12,18H,6-9H2,1-4H3;2*4-11,19H,1-3H3. The Labute approximate surface area is 761 Å². The molecule has 12 aromatic heterocycles. The molecule has 4 aliphatic heterocycles. The fourth-order valence-electron chi connectivity index (χ4n) is 17.5. The minimum atomic E-state index is 0.0290. The van der Waals surface area contributed by atoms with Crippen LogP contribution in [0.4, 0.5) is 39.8 Å². The second kappa shape index (κ2) is 40.3. The van der Waals surface area contributed by atoms with Crippen molar-refractivity contribution in [2.75, 3.05) is 116 Å². The zero-order chi connectivity index (χ0) is 91.6. The summed E-state index contributed by atoms with van der Waals surface area (Å²) < 4.78 is 16.8. The molecule has 16 heterocycles. The normalized spacial score (nSPS) is 16.0. The number of likely N-dealkylation sites (N-methyl/N-ethyl adjacent to an activating group) is 1. The fourth-order valence-corrected chi connectivity index (χ4v) is 17.5. The van der Waals surface area contributed by atoms with E-state index in [0.29, 0.717) is 30.2 Å². The van der Waals surface area contributed by atoms with Gasteiger partial charge in [0.25, 0.3) is 0 Å². The third-order valence-corrected chi connectivity index (χ3v) is 23.4. The molecular formula is C104H147N23O. The third-order valence-electron chi connectivity index (χ3n) is 23.4. The molecular weight excluding hydrogens is 1590 g/mol. The molecule has 6 N–H and O–H groups in total. The number of rotatable bonds is 14. The van der Waals surface area contributed by atoms with Crippen LogP contribution in [0, 0.1) is 0 Å². The van der Waals surface area contributed by atoms with Crippen molar-refractivity contribution in [3.63, 3.8) is 0 Å². The SMILES string of the molecule is CC(C)(C)Nc1cnc2c(ccn2-c2cccnc2)c1.CC(C)(C)Nc1cnc2c(ccn2-c2ccncc2)c1.CC(C)N1CCC(n2ccc3cc(NC(C)(C)C)cnc32)CC1.CC(C)N1CCC(n2ncc3cc(NC(C)(C)C)ccc32)CC1.CN1CCC(n2ccc3cc(NC(C)(C)C)cnc32)CC1.CN1CCN(c2cc(NC(C)(C)C)cc3ccoc23)CC1. The number of aromatic nitrogens is 12. The molecule has 684 valence electrons. The van der Waals surface area contributed by atoms with Gasteiger partial charge in [0.05, 0.1) is 94.8 Å². The maximum atomic E-state index is 5.73. The molecule has 0 amide bonds. The summed E-state index contributed by atoms with van der Waals surface area (Å²) in [6.45, 7) is 59.4. The van der Waals surface area contributed by atoms with E-state index >= 15 is 0 Å². The van der Waals surface area contributed by atoms with Crippen molar-refractivity contribution in [1.29, 1.82) is 0 Å². The van der Waals surface area contributed by atoms with Crippen LogP contribution in [-0.4, -0.2) is 202 Å². The number of benzene rings is 2. The minimum absolute atomic E-state index is 0.0290. The number of likely N-dealkylation sites (tertiary alicyclic amines) is 3. The molecule has 18 rings (SSSR count). The summed E-state index contributed by atoms with van der Waals surface area (Å²) >= 11 is 0. The Bertz CT molecular complexity index is 5600. The van der Waals surface area contributed by atoms with Crippen molar-refractivity contribution < 1.29 is 4.42 Å². The van der Waals surface area contributed by atoms with Crippen molar-refractivity contribution in [3.05, 3.63) is 196 Å². The van der Waals surface area contributed by atoms with Gasteiger partial charge in [-0.25, -0.2) is 19.9 Å². The predicted molar refractivity (Wildman–Crippen MR) is 539 cm³/mol. The van der Waals surface area contributed by atoms with Crippen LogP contribution in [0.25, 0.3) is 77.4 Å². The van der Waals surface area contributed by atoms with Crippen LogP contribution in [0.15, 0.2) is 200 Å². The van der Waals surface area contributed by atoms with E-state index in [1.807, 2.05) is 84.5 Å². The monoisotopic (exact) mass is 1730 g/mol. The summed E-state index contributed by atoms with van der Waals surface area (Å²) in [5.74, 6) is 0. The van der Waals surface area contributed by atoms with Crippen molar-refractivity contribution in [2.45, 2.75) is 254 Å². The van der Waals surface area contributed by atoms with Crippen LogP contribution in [0.3, 0.4) is 0 Å². The average molecular weight is 1740 g/mol. The molecule has 24 nitrogen and oxygen atoms in total. The number of anilines is 7. The summed E-state index contributed by atoms with van der Waals surface area (Å²) in [6, 6.07) is 41.2. The number of hydrogen-bond donors (Lipinski definition) is 6. The maximum absolute atomic E-state index is 5.73. The molecule has 4 aliphatic rings. The highest BCUT2D eigenvalue weighted by molar-refractivity contribution is 5.93. The fraction of sp³-hybridized carbons (Fsp3) is 0.490. The van der Waals surface area contributed by atoms with E-state index in [0.717, 1.165) is 110 Å². The topological polar surface area (TPSA) is 216 Å². The lowest BCUT2D eigenvalue weighted by Gasteiger charge is -2.35.